The molecule has 8 heteroatoms. The van der Waals surface area contributed by atoms with Gasteiger partial charge in [-0.05, 0) is 37.3 Å². The number of carbonyl (C=O) groups is 2. The molecule has 0 aliphatic carbocycles. The van der Waals surface area contributed by atoms with E-state index >= 15 is 0 Å². The number of hydrogen-bond acceptors (Lipinski definition) is 5. The van der Waals surface area contributed by atoms with E-state index in [0.29, 0.717) is 16.2 Å². The van der Waals surface area contributed by atoms with E-state index in [0.717, 1.165) is 0 Å². The molecule has 0 saturated carbocycles. The Morgan fingerprint density at radius 2 is 1.96 bits per heavy atom. The van der Waals surface area contributed by atoms with Gasteiger partial charge in [-0.1, -0.05) is 23.7 Å². The van der Waals surface area contributed by atoms with Crippen LogP contribution in [0.25, 0.3) is 11.1 Å². The van der Waals surface area contributed by atoms with Gasteiger partial charge in [-0.25, -0.2) is 9.59 Å². The van der Waals surface area contributed by atoms with Gasteiger partial charge >= 0.3 is 11.7 Å². The van der Waals surface area contributed by atoms with Gasteiger partial charge in [0.15, 0.2) is 5.58 Å². The first kappa shape index (κ1) is 17.8. The van der Waals surface area contributed by atoms with Gasteiger partial charge in [0.05, 0.1) is 28.9 Å². The number of nitrogens with one attached hydrogen (secondary N) is 1. The number of para-hydroxylation sites is 1. The number of anilines is 1. The van der Waals surface area contributed by atoms with E-state index < -0.39 is 23.7 Å². The molecule has 0 bridgehead atoms. The molecule has 1 heterocycles. The fraction of sp³-hybridized carbons (Fsp3) is 0.167. The van der Waals surface area contributed by atoms with Crippen molar-refractivity contribution >= 4 is 40.3 Å². The molecule has 1 atom stereocenters. The molecular formula is C18H15ClN2O5. The summed E-state index contributed by atoms with van der Waals surface area (Å²) in [5.74, 6) is -1.68. The lowest BCUT2D eigenvalue weighted by Gasteiger charge is -2.14. The lowest BCUT2D eigenvalue weighted by atomic mass is 10.2. The highest BCUT2D eigenvalue weighted by atomic mass is 35.5. The minimum Gasteiger partial charge on any atom is -0.465 e. The van der Waals surface area contributed by atoms with Crippen molar-refractivity contribution in [3.8, 4) is 0 Å². The monoisotopic (exact) mass is 374 g/mol. The van der Waals surface area contributed by atoms with Crippen LogP contribution >= 0.6 is 11.6 Å². The molecule has 26 heavy (non-hydrogen) atoms. The molecule has 0 radical (unpaired) electrons. The highest BCUT2D eigenvalue weighted by Gasteiger charge is 2.22. The summed E-state index contributed by atoms with van der Waals surface area (Å²) in [6.07, 6.45) is 0. The Labute approximate surface area is 153 Å². The number of carbonyl (C=O) groups excluding carboxylic acids is 2. The van der Waals surface area contributed by atoms with E-state index in [2.05, 4.69) is 10.1 Å². The summed E-state index contributed by atoms with van der Waals surface area (Å²) in [6, 6.07) is 10.4. The molecule has 0 aliphatic heterocycles. The number of benzene rings is 2. The maximum atomic E-state index is 12.5. The summed E-state index contributed by atoms with van der Waals surface area (Å²) in [5, 5.41) is 3.07. The number of hydrogen-bond donors (Lipinski definition) is 1. The van der Waals surface area contributed by atoms with Crippen molar-refractivity contribution in [1.82, 2.24) is 4.57 Å². The first-order valence-corrected chi connectivity index (χ1v) is 8.09. The molecule has 0 spiro atoms. The number of amides is 1. The minimum absolute atomic E-state index is 0.190. The molecule has 3 rings (SSSR count). The Morgan fingerprint density at radius 3 is 2.65 bits per heavy atom. The van der Waals surface area contributed by atoms with Crippen LogP contribution in [0, 0.1) is 0 Å². The SMILES string of the molecule is COC(=O)c1ccc2c(c1)oc(=O)n2C(C)C(=O)Nc1ccccc1Cl. The summed E-state index contributed by atoms with van der Waals surface area (Å²) in [4.78, 5) is 36.4. The predicted molar refractivity (Wildman–Crippen MR) is 96.6 cm³/mol. The smallest absolute Gasteiger partial charge is 0.420 e. The van der Waals surface area contributed by atoms with Gasteiger partial charge in [0.1, 0.15) is 6.04 Å². The zero-order valence-electron chi connectivity index (χ0n) is 14.0. The quantitative estimate of drug-likeness (QED) is 0.708. The van der Waals surface area contributed by atoms with Crippen LogP contribution < -0.4 is 11.1 Å². The van der Waals surface area contributed by atoms with Gasteiger partial charge in [-0.15, -0.1) is 0 Å². The normalized spacial score (nSPS) is 12.0. The third kappa shape index (κ3) is 3.21. The largest absolute Gasteiger partial charge is 0.465 e. The maximum Gasteiger partial charge on any atom is 0.420 e. The topological polar surface area (TPSA) is 90.5 Å². The van der Waals surface area contributed by atoms with Gasteiger partial charge in [-0.2, -0.15) is 0 Å². The Hall–Kier alpha value is -3.06. The van der Waals surface area contributed by atoms with Crippen molar-refractivity contribution in [2.75, 3.05) is 12.4 Å². The van der Waals surface area contributed by atoms with Crippen molar-refractivity contribution in [3.05, 3.63) is 63.6 Å². The van der Waals surface area contributed by atoms with Crippen LogP contribution in [-0.4, -0.2) is 23.6 Å². The number of fused-ring (bicyclic) bond motifs is 1. The number of methoxy groups -OCH3 is 1. The molecule has 7 nitrogen and oxygen atoms in total. The third-order valence-corrected chi connectivity index (χ3v) is 4.26. The van der Waals surface area contributed by atoms with E-state index in [4.69, 9.17) is 16.0 Å². The van der Waals surface area contributed by atoms with Crippen LogP contribution in [0.3, 0.4) is 0 Å². The van der Waals surface area contributed by atoms with Crippen molar-refractivity contribution in [1.29, 1.82) is 0 Å². The molecule has 1 amide bonds. The van der Waals surface area contributed by atoms with Gasteiger partial charge in [0, 0.05) is 0 Å². The minimum atomic E-state index is -0.857. The number of aromatic nitrogens is 1. The predicted octanol–water partition coefficient (Wildman–Crippen LogP) is 3.23. The van der Waals surface area contributed by atoms with Crippen LogP contribution in [-0.2, 0) is 9.53 Å². The number of nitrogens with zero attached hydrogens (tertiary/aromatic N) is 1. The third-order valence-electron chi connectivity index (χ3n) is 3.93. The van der Waals surface area contributed by atoms with Crippen LogP contribution in [0.4, 0.5) is 5.69 Å². The number of oxazole rings is 1. The highest BCUT2D eigenvalue weighted by Crippen LogP contribution is 2.23. The van der Waals surface area contributed by atoms with E-state index in [-0.39, 0.29) is 11.1 Å². The lowest BCUT2D eigenvalue weighted by molar-refractivity contribution is -0.118. The number of ether oxygens (including phenoxy) is 1. The van der Waals surface area contributed by atoms with Crippen LogP contribution in [0.2, 0.25) is 5.02 Å². The molecule has 0 saturated heterocycles. The van der Waals surface area contributed by atoms with E-state index in [1.165, 1.54) is 29.9 Å². The zero-order valence-corrected chi connectivity index (χ0v) is 14.7. The first-order chi connectivity index (χ1) is 12.4. The fourth-order valence-corrected chi connectivity index (χ4v) is 2.75. The second kappa shape index (κ2) is 7.05. The average molecular weight is 375 g/mol. The second-order valence-electron chi connectivity index (χ2n) is 5.56. The Bertz CT molecular complexity index is 1050. The number of rotatable bonds is 4. The molecule has 3 aromatic rings. The fourth-order valence-electron chi connectivity index (χ4n) is 2.57. The highest BCUT2D eigenvalue weighted by molar-refractivity contribution is 6.33. The Morgan fingerprint density at radius 1 is 1.23 bits per heavy atom. The van der Waals surface area contributed by atoms with Gasteiger partial charge in [0.2, 0.25) is 5.91 Å². The molecule has 1 unspecified atom stereocenters. The molecule has 1 N–H and O–H groups in total. The Kier molecular flexibility index (Phi) is 4.81. The van der Waals surface area contributed by atoms with Crippen LogP contribution in [0.1, 0.15) is 23.3 Å². The van der Waals surface area contributed by atoms with E-state index in [9.17, 15) is 14.4 Å². The van der Waals surface area contributed by atoms with E-state index in [1.807, 2.05) is 0 Å². The van der Waals surface area contributed by atoms with Crippen molar-refractivity contribution < 1.29 is 18.7 Å². The van der Waals surface area contributed by atoms with Crippen LogP contribution in [0.15, 0.2) is 51.7 Å². The zero-order chi connectivity index (χ0) is 18.8. The molecule has 0 aliphatic rings. The molecule has 1 aromatic heterocycles. The maximum absolute atomic E-state index is 12.5. The van der Waals surface area contributed by atoms with Gasteiger partial charge < -0.3 is 14.5 Å². The average Bonchev–Trinajstić information content (AvgIpc) is 2.97. The molecule has 2 aromatic carbocycles. The summed E-state index contributed by atoms with van der Waals surface area (Å²) in [7, 11) is 1.26. The standard InChI is InChI=1S/C18H15ClN2O5/c1-10(16(22)20-13-6-4-3-5-12(13)19)21-14-8-7-11(17(23)25-2)9-15(14)26-18(21)24/h3-10H,1-2H3,(H,20,22). The number of esters is 1. The van der Waals surface area contributed by atoms with Crippen molar-refractivity contribution in [2.24, 2.45) is 0 Å². The lowest BCUT2D eigenvalue weighted by Crippen LogP contribution is -2.29. The summed E-state index contributed by atoms with van der Waals surface area (Å²) in [6.45, 7) is 1.57. The van der Waals surface area contributed by atoms with Gasteiger partial charge in [0.25, 0.3) is 0 Å². The first-order valence-electron chi connectivity index (χ1n) is 7.71. The second-order valence-corrected chi connectivity index (χ2v) is 5.96. The molecular weight excluding hydrogens is 360 g/mol. The molecule has 134 valence electrons. The summed E-state index contributed by atoms with van der Waals surface area (Å²) < 4.78 is 11.0. The number of halogens is 1. The summed E-state index contributed by atoms with van der Waals surface area (Å²) in [5.41, 5.74) is 1.27. The Balaban J connectivity index is 1.95. The van der Waals surface area contributed by atoms with Crippen molar-refractivity contribution in [2.45, 2.75) is 13.0 Å². The van der Waals surface area contributed by atoms with E-state index in [1.54, 1.807) is 31.2 Å². The summed E-state index contributed by atoms with van der Waals surface area (Å²) >= 11 is 6.04. The molecule has 0 fully saturated rings. The van der Waals surface area contributed by atoms with Crippen LogP contribution in [0.5, 0.6) is 0 Å². The van der Waals surface area contributed by atoms with Crippen molar-refractivity contribution in [3.63, 3.8) is 0 Å². The van der Waals surface area contributed by atoms with Gasteiger partial charge in [-0.3, -0.25) is 9.36 Å².